The number of hydrogen-bond acceptors (Lipinski definition) is 6. The van der Waals surface area contributed by atoms with Gasteiger partial charge in [-0.25, -0.2) is 9.59 Å². The second kappa shape index (κ2) is 6.98. The molecule has 9 nitrogen and oxygen atoms in total. The topological polar surface area (TPSA) is 122 Å². The molecule has 0 bridgehead atoms. The number of piperidine rings is 1. The Labute approximate surface area is 167 Å². The summed E-state index contributed by atoms with van der Waals surface area (Å²) in [4.78, 5) is 62.9. The standard InChI is InChI=1S/C20H23N3O6/c1-19(2,3)22-18(28)29-16(26)12-7-5-6-11-10-23(15(25)14(11)12)20(4)9-8-13(24)21-17(20)27/h5-7H,8-10H2,1-4H3,(H,22,28)(H,21,24,27). The van der Waals surface area contributed by atoms with Crippen molar-refractivity contribution in [3.63, 3.8) is 0 Å². The van der Waals surface area contributed by atoms with Gasteiger partial charge in [-0.2, -0.15) is 0 Å². The molecule has 2 aliphatic rings. The molecule has 0 aliphatic carbocycles. The number of fused-ring (bicyclic) bond motifs is 1. The van der Waals surface area contributed by atoms with Gasteiger partial charge in [0.15, 0.2) is 0 Å². The summed E-state index contributed by atoms with van der Waals surface area (Å²) < 4.78 is 4.84. The molecule has 0 spiro atoms. The highest BCUT2D eigenvalue weighted by molar-refractivity contribution is 6.12. The molecule has 29 heavy (non-hydrogen) atoms. The van der Waals surface area contributed by atoms with Gasteiger partial charge in [0, 0.05) is 18.5 Å². The van der Waals surface area contributed by atoms with Gasteiger partial charge < -0.3 is 15.0 Å². The minimum absolute atomic E-state index is 0.0463. The molecule has 2 aliphatic heterocycles. The van der Waals surface area contributed by atoms with E-state index in [1.165, 1.54) is 11.0 Å². The van der Waals surface area contributed by atoms with Crippen molar-refractivity contribution in [3.05, 3.63) is 34.9 Å². The van der Waals surface area contributed by atoms with Crippen molar-refractivity contribution in [1.82, 2.24) is 15.5 Å². The molecule has 0 saturated carbocycles. The molecule has 1 atom stereocenters. The first kappa shape index (κ1) is 20.5. The summed E-state index contributed by atoms with van der Waals surface area (Å²) in [6.45, 7) is 6.91. The Morgan fingerprint density at radius 2 is 1.90 bits per heavy atom. The van der Waals surface area contributed by atoms with Crippen LogP contribution in [0.25, 0.3) is 0 Å². The maximum Gasteiger partial charge on any atom is 0.415 e. The lowest BCUT2D eigenvalue weighted by Crippen LogP contribution is -2.61. The zero-order valence-electron chi connectivity index (χ0n) is 16.8. The van der Waals surface area contributed by atoms with Crippen LogP contribution in [0.2, 0.25) is 0 Å². The third-order valence-corrected chi connectivity index (χ3v) is 5.00. The molecule has 1 unspecified atom stereocenters. The van der Waals surface area contributed by atoms with Gasteiger partial charge in [-0.15, -0.1) is 0 Å². The molecule has 1 fully saturated rings. The quantitative estimate of drug-likeness (QED) is 0.440. The summed E-state index contributed by atoms with van der Waals surface area (Å²) in [5.74, 6) is -2.41. The molecule has 0 aromatic heterocycles. The van der Waals surface area contributed by atoms with E-state index in [2.05, 4.69) is 10.6 Å². The van der Waals surface area contributed by atoms with Gasteiger partial charge in [0.05, 0.1) is 11.1 Å². The maximum absolute atomic E-state index is 13.1. The highest BCUT2D eigenvalue weighted by Gasteiger charge is 2.49. The smallest absolute Gasteiger partial charge is 0.373 e. The highest BCUT2D eigenvalue weighted by atomic mass is 16.6. The number of amides is 4. The van der Waals surface area contributed by atoms with Gasteiger partial charge in [0.2, 0.25) is 5.91 Å². The molecule has 4 amide bonds. The van der Waals surface area contributed by atoms with Gasteiger partial charge in [-0.05, 0) is 45.7 Å². The van der Waals surface area contributed by atoms with Crippen molar-refractivity contribution in [3.8, 4) is 0 Å². The predicted octanol–water partition coefficient (Wildman–Crippen LogP) is 1.50. The van der Waals surface area contributed by atoms with Gasteiger partial charge in [0.25, 0.3) is 11.8 Å². The fourth-order valence-corrected chi connectivity index (χ4v) is 3.45. The Balaban J connectivity index is 1.86. The van der Waals surface area contributed by atoms with Crippen LogP contribution >= 0.6 is 0 Å². The van der Waals surface area contributed by atoms with E-state index in [1.54, 1.807) is 39.8 Å². The van der Waals surface area contributed by atoms with Crippen LogP contribution in [-0.4, -0.2) is 45.8 Å². The third kappa shape index (κ3) is 3.85. The average molecular weight is 401 g/mol. The van der Waals surface area contributed by atoms with Crippen LogP contribution in [0.5, 0.6) is 0 Å². The number of imide groups is 1. The molecule has 1 aromatic rings. The molecule has 1 saturated heterocycles. The van der Waals surface area contributed by atoms with E-state index in [0.29, 0.717) is 5.56 Å². The van der Waals surface area contributed by atoms with E-state index in [4.69, 9.17) is 4.74 Å². The summed E-state index contributed by atoms with van der Waals surface area (Å²) in [7, 11) is 0. The minimum atomic E-state index is -1.21. The Morgan fingerprint density at radius 1 is 1.21 bits per heavy atom. The van der Waals surface area contributed by atoms with Crippen LogP contribution in [-0.2, 0) is 20.9 Å². The predicted molar refractivity (Wildman–Crippen MR) is 101 cm³/mol. The normalized spacial score (nSPS) is 21.5. The molecule has 154 valence electrons. The first-order valence-electron chi connectivity index (χ1n) is 9.25. The number of esters is 1. The van der Waals surface area contributed by atoms with Crippen LogP contribution < -0.4 is 10.6 Å². The second-order valence-corrected chi connectivity index (χ2v) is 8.43. The molecule has 9 heteroatoms. The molecule has 2 N–H and O–H groups in total. The van der Waals surface area contributed by atoms with E-state index in [1.807, 2.05) is 0 Å². The average Bonchev–Trinajstić information content (AvgIpc) is 2.94. The van der Waals surface area contributed by atoms with Crippen molar-refractivity contribution in [1.29, 1.82) is 0 Å². The van der Waals surface area contributed by atoms with Crippen LogP contribution in [0, 0.1) is 0 Å². The number of hydrogen-bond donors (Lipinski definition) is 2. The molecule has 2 heterocycles. The lowest BCUT2D eigenvalue weighted by Gasteiger charge is -2.39. The summed E-state index contributed by atoms with van der Waals surface area (Å²) in [5.41, 5.74) is -1.20. The Morgan fingerprint density at radius 3 is 2.52 bits per heavy atom. The molecular weight excluding hydrogens is 378 g/mol. The van der Waals surface area contributed by atoms with Crippen molar-refractivity contribution >= 4 is 29.8 Å². The lowest BCUT2D eigenvalue weighted by atomic mass is 9.89. The number of nitrogens with zero attached hydrogens (tertiary/aromatic N) is 1. The highest BCUT2D eigenvalue weighted by Crippen LogP contribution is 2.35. The van der Waals surface area contributed by atoms with Gasteiger partial charge in [0.1, 0.15) is 5.54 Å². The number of carbonyl (C=O) groups is 5. The first-order valence-corrected chi connectivity index (χ1v) is 9.25. The third-order valence-electron chi connectivity index (χ3n) is 5.00. The largest absolute Gasteiger partial charge is 0.415 e. The van der Waals surface area contributed by atoms with E-state index in [0.717, 1.165) is 0 Å². The lowest BCUT2D eigenvalue weighted by molar-refractivity contribution is -0.142. The Kier molecular flexibility index (Phi) is 4.94. The van der Waals surface area contributed by atoms with Crippen LogP contribution in [0.15, 0.2) is 18.2 Å². The fourth-order valence-electron chi connectivity index (χ4n) is 3.45. The summed E-state index contributed by atoms with van der Waals surface area (Å²) in [5, 5.41) is 4.78. The molecule has 1 aromatic carbocycles. The monoisotopic (exact) mass is 401 g/mol. The number of ether oxygens (including phenoxy) is 1. The number of nitrogens with one attached hydrogen (secondary N) is 2. The second-order valence-electron chi connectivity index (χ2n) is 8.43. The Bertz CT molecular complexity index is 933. The van der Waals surface area contributed by atoms with Crippen LogP contribution in [0.4, 0.5) is 4.79 Å². The van der Waals surface area contributed by atoms with Crippen molar-refractivity contribution < 1.29 is 28.7 Å². The Hall–Kier alpha value is -3.23. The number of alkyl carbamates (subject to hydrolysis) is 1. The molecular formula is C20H23N3O6. The number of rotatable bonds is 2. The zero-order valence-corrected chi connectivity index (χ0v) is 16.8. The van der Waals surface area contributed by atoms with Crippen molar-refractivity contribution in [2.45, 2.75) is 58.2 Å². The van der Waals surface area contributed by atoms with Gasteiger partial charge in [-0.3, -0.25) is 19.7 Å². The molecule has 3 rings (SSSR count). The van der Waals surface area contributed by atoms with Crippen LogP contribution in [0.3, 0.4) is 0 Å². The summed E-state index contributed by atoms with van der Waals surface area (Å²) in [6.07, 6.45) is -0.616. The fraction of sp³-hybridized carbons (Fsp3) is 0.450. The summed E-state index contributed by atoms with van der Waals surface area (Å²) >= 11 is 0. The van der Waals surface area contributed by atoms with Crippen LogP contribution in [0.1, 0.15) is 66.8 Å². The van der Waals surface area contributed by atoms with Crippen molar-refractivity contribution in [2.75, 3.05) is 0 Å². The number of benzene rings is 1. The SMILES string of the molecule is CC(C)(C)NC(=O)OC(=O)c1cccc2c1C(=O)N(C1(C)CCC(=O)NC1=O)C2. The van der Waals surface area contributed by atoms with Gasteiger partial charge in [-0.1, -0.05) is 12.1 Å². The van der Waals surface area contributed by atoms with Crippen molar-refractivity contribution in [2.24, 2.45) is 0 Å². The zero-order chi connectivity index (χ0) is 21.6. The number of carbonyl (C=O) groups excluding carboxylic acids is 5. The van der Waals surface area contributed by atoms with E-state index < -0.39 is 35.0 Å². The van der Waals surface area contributed by atoms with E-state index in [-0.39, 0.29) is 36.4 Å². The van der Waals surface area contributed by atoms with E-state index in [9.17, 15) is 24.0 Å². The molecule has 0 radical (unpaired) electrons. The van der Waals surface area contributed by atoms with E-state index >= 15 is 0 Å². The minimum Gasteiger partial charge on any atom is -0.373 e. The first-order chi connectivity index (χ1) is 13.4. The maximum atomic E-state index is 13.1. The van der Waals surface area contributed by atoms with Gasteiger partial charge >= 0.3 is 12.1 Å². The summed E-state index contributed by atoms with van der Waals surface area (Å²) in [6, 6.07) is 4.66.